The number of amides is 2. The molecule has 2 amide bonds. The minimum Gasteiger partial charge on any atom is -0.353 e. The van der Waals surface area contributed by atoms with Gasteiger partial charge in [-0.15, -0.1) is 0 Å². The minimum absolute atomic E-state index is 0.286. The number of hydrogen-bond donors (Lipinski definition) is 2. The summed E-state index contributed by atoms with van der Waals surface area (Å²) in [6.45, 7) is 4.38. The molecule has 2 heterocycles. The molecule has 0 fully saturated rings. The van der Waals surface area contributed by atoms with Crippen LogP contribution in [0.3, 0.4) is 0 Å². The number of benzene rings is 2. The highest BCUT2D eigenvalue weighted by Crippen LogP contribution is 2.37. The predicted octanol–water partition coefficient (Wildman–Crippen LogP) is 3.20. The first-order chi connectivity index (χ1) is 16.4. The molecule has 0 atom stereocenters. The van der Waals surface area contributed by atoms with Crippen LogP contribution in [-0.2, 0) is 16.0 Å². The number of aromatic nitrogens is 2. The van der Waals surface area contributed by atoms with Crippen LogP contribution in [0.1, 0.15) is 17.5 Å². The summed E-state index contributed by atoms with van der Waals surface area (Å²) in [5.74, 6) is 0.160. The summed E-state index contributed by atoms with van der Waals surface area (Å²) in [4.78, 5) is 37.5. The first-order valence-corrected chi connectivity index (χ1v) is 11.4. The normalized spacial score (nSPS) is 13.0. The van der Waals surface area contributed by atoms with E-state index in [1.807, 2.05) is 26.2 Å². The van der Waals surface area contributed by atoms with Crippen LogP contribution in [0.25, 0.3) is 10.9 Å². The van der Waals surface area contributed by atoms with Crippen LogP contribution in [-0.4, -0.2) is 60.4 Å². The fourth-order valence-electron chi connectivity index (χ4n) is 4.05. The third-order valence-electron chi connectivity index (χ3n) is 5.74. The van der Waals surface area contributed by atoms with E-state index in [-0.39, 0.29) is 11.8 Å². The van der Waals surface area contributed by atoms with Crippen molar-refractivity contribution in [2.45, 2.75) is 19.8 Å². The Hall–Kier alpha value is -3.78. The Labute approximate surface area is 199 Å². The Kier molecular flexibility index (Phi) is 7.18. The van der Waals surface area contributed by atoms with Gasteiger partial charge in [-0.2, -0.15) is 0 Å². The first-order valence-electron chi connectivity index (χ1n) is 11.4. The van der Waals surface area contributed by atoms with Gasteiger partial charge in [-0.25, -0.2) is 9.97 Å². The van der Waals surface area contributed by atoms with E-state index in [0.29, 0.717) is 12.2 Å². The van der Waals surface area contributed by atoms with Crippen LogP contribution in [0, 0.1) is 6.92 Å². The Morgan fingerprint density at radius 2 is 1.91 bits per heavy atom. The number of carbonyl (C=O) groups excluding carboxylic acids is 2. The molecule has 2 aromatic carbocycles. The molecule has 176 valence electrons. The molecule has 4 rings (SSSR count). The molecule has 1 aliphatic rings. The smallest absolute Gasteiger partial charge is 0.248 e. The number of nitrogens with zero attached hydrogens (tertiary/aromatic N) is 4. The SMILES string of the molecule is Cc1ccc2c(c1)N(c1ncnc3ccc(NC(=O)/C=C/C(=O)NCCCN(C)C)cc13)CC2. The first kappa shape index (κ1) is 23.4. The van der Waals surface area contributed by atoms with E-state index >= 15 is 0 Å². The lowest BCUT2D eigenvalue weighted by Crippen LogP contribution is -2.25. The van der Waals surface area contributed by atoms with Crippen LogP contribution in [0.2, 0.25) is 0 Å². The molecule has 8 heteroatoms. The third-order valence-corrected chi connectivity index (χ3v) is 5.74. The number of hydrogen-bond acceptors (Lipinski definition) is 6. The second kappa shape index (κ2) is 10.4. The summed E-state index contributed by atoms with van der Waals surface area (Å²) >= 11 is 0. The van der Waals surface area contributed by atoms with E-state index in [1.165, 1.54) is 23.3 Å². The van der Waals surface area contributed by atoms with Crippen molar-refractivity contribution in [2.24, 2.45) is 0 Å². The van der Waals surface area contributed by atoms with Crippen molar-refractivity contribution < 1.29 is 9.59 Å². The molecule has 34 heavy (non-hydrogen) atoms. The Morgan fingerprint density at radius 3 is 2.74 bits per heavy atom. The Bertz CT molecular complexity index is 1240. The number of rotatable bonds is 8. The van der Waals surface area contributed by atoms with Crippen LogP contribution in [0.15, 0.2) is 54.9 Å². The summed E-state index contributed by atoms with van der Waals surface area (Å²) in [6, 6.07) is 12.0. The van der Waals surface area contributed by atoms with Crippen LogP contribution in [0.4, 0.5) is 17.2 Å². The second-order valence-electron chi connectivity index (χ2n) is 8.73. The third kappa shape index (κ3) is 5.58. The maximum atomic E-state index is 12.4. The number of nitrogens with one attached hydrogen (secondary N) is 2. The monoisotopic (exact) mass is 458 g/mol. The zero-order valence-electron chi connectivity index (χ0n) is 19.8. The zero-order chi connectivity index (χ0) is 24.1. The van der Waals surface area contributed by atoms with Gasteiger partial charge in [0.2, 0.25) is 11.8 Å². The highest BCUT2D eigenvalue weighted by Gasteiger charge is 2.23. The number of anilines is 3. The molecular formula is C26H30N6O2. The van der Waals surface area contributed by atoms with E-state index in [2.05, 4.69) is 55.5 Å². The Morgan fingerprint density at radius 1 is 1.09 bits per heavy atom. The summed E-state index contributed by atoms with van der Waals surface area (Å²) in [5, 5.41) is 6.47. The van der Waals surface area contributed by atoms with Gasteiger partial charge < -0.3 is 20.4 Å². The standard InChI is InChI=1S/C26H30N6O2/c1-18-5-6-19-11-14-32(23(19)15-18)26-21-16-20(7-8-22(21)28-17-29-26)30-25(34)10-9-24(33)27-12-4-13-31(2)3/h5-10,15-17H,4,11-14H2,1-3H3,(H,27,33)(H,30,34)/b10-9+. The van der Waals surface area contributed by atoms with E-state index in [0.717, 1.165) is 48.3 Å². The topological polar surface area (TPSA) is 90.5 Å². The molecule has 1 aromatic heterocycles. The fraction of sp³-hybridized carbons (Fsp3) is 0.308. The highest BCUT2D eigenvalue weighted by molar-refractivity contribution is 6.05. The summed E-state index contributed by atoms with van der Waals surface area (Å²) in [7, 11) is 3.97. The van der Waals surface area contributed by atoms with Crippen molar-refractivity contribution in [1.82, 2.24) is 20.2 Å². The zero-order valence-corrected chi connectivity index (χ0v) is 19.8. The molecule has 0 saturated heterocycles. The van der Waals surface area contributed by atoms with E-state index in [4.69, 9.17) is 0 Å². The summed E-state index contributed by atoms with van der Waals surface area (Å²) < 4.78 is 0. The van der Waals surface area contributed by atoms with Gasteiger partial charge in [0, 0.05) is 42.0 Å². The van der Waals surface area contributed by atoms with Crippen LogP contribution >= 0.6 is 0 Å². The van der Waals surface area contributed by atoms with Crippen molar-refractivity contribution in [2.75, 3.05) is 43.9 Å². The minimum atomic E-state index is -0.372. The van der Waals surface area contributed by atoms with Gasteiger partial charge in [0.05, 0.1) is 5.52 Å². The Balaban J connectivity index is 1.46. The largest absolute Gasteiger partial charge is 0.353 e. The molecule has 0 unspecified atom stereocenters. The lowest BCUT2D eigenvalue weighted by atomic mass is 10.1. The maximum Gasteiger partial charge on any atom is 0.248 e. The summed E-state index contributed by atoms with van der Waals surface area (Å²) in [5.41, 5.74) is 5.08. The van der Waals surface area contributed by atoms with Crippen molar-refractivity contribution in [3.05, 3.63) is 66.0 Å². The van der Waals surface area contributed by atoms with Crippen LogP contribution in [0.5, 0.6) is 0 Å². The lowest BCUT2D eigenvalue weighted by Gasteiger charge is -2.20. The predicted molar refractivity (Wildman–Crippen MR) is 135 cm³/mol. The number of carbonyl (C=O) groups is 2. The molecule has 0 aliphatic carbocycles. The average molecular weight is 459 g/mol. The number of fused-ring (bicyclic) bond motifs is 2. The molecule has 0 spiro atoms. The van der Waals surface area contributed by atoms with Crippen LogP contribution < -0.4 is 15.5 Å². The second-order valence-corrected chi connectivity index (χ2v) is 8.73. The molecule has 2 N–H and O–H groups in total. The highest BCUT2D eigenvalue weighted by atomic mass is 16.2. The van der Waals surface area contributed by atoms with E-state index < -0.39 is 0 Å². The van der Waals surface area contributed by atoms with Crippen molar-refractivity contribution in [1.29, 1.82) is 0 Å². The van der Waals surface area contributed by atoms with E-state index in [9.17, 15) is 9.59 Å². The fourth-order valence-corrected chi connectivity index (χ4v) is 4.05. The maximum absolute atomic E-state index is 12.4. The molecule has 3 aromatic rings. The molecule has 0 bridgehead atoms. The van der Waals surface area contributed by atoms with Gasteiger partial charge in [-0.05, 0) is 75.8 Å². The lowest BCUT2D eigenvalue weighted by molar-refractivity contribution is -0.117. The molecule has 8 nitrogen and oxygen atoms in total. The van der Waals surface area contributed by atoms with Gasteiger partial charge in [0.1, 0.15) is 12.1 Å². The molecular weight excluding hydrogens is 428 g/mol. The van der Waals surface area contributed by atoms with Crippen molar-refractivity contribution >= 4 is 39.9 Å². The molecule has 0 saturated carbocycles. The van der Waals surface area contributed by atoms with Gasteiger partial charge in [0.15, 0.2) is 0 Å². The summed E-state index contributed by atoms with van der Waals surface area (Å²) in [6.07, 6.45) is 5.88. The molecule has 0 radical (unpaired) electrons. The van der Waals surface area contributed by atoms with E-state index in [1.54, 1.807) is 12.4 Å². The molecule has 1 aliphatic heterocycles. The van der Waals surface area contributed by atoms with Gasteiger partial charge in [-0.3, -0.25) is 9.59 Å². The van der Waals surface area contributed by atoms with Crippen molar-refractivity contribution in [3.8, 4) is 0 Å². The van der Waals surface area contributed by atoms with Gasteiger partial charge in [-0.1, -0.05) is 12.1 Å². The van der Waals surface area contributed by atoms with Gasteiger partial charge >= 0.3 is 0 Å². The van der Waals surface area contributed by atoms with Crippen molar-refractivity contribution in [3.63, 3.8) is 0 Å². The quantitative estimate of drug-likeness (QED) is 0.398. The average Bonchev–Trinajstić information content (AvgIpc) is 3.23. The van der Waals surface area contributed by atoms with Gasteiger partial charge in [0.25, 0.3) is 0 Å². The number of aryl methyl sites for hydroxylation is 1.